The summed E-state index contributed by atoms with van der Waals surface area (Å²) in [4.78, 5) is 36.8. The summed E-state index contributed by atoms with van der Waals surface area (Å²) in [7, 11) is 5.41. The molecule has 8 nitrogen and oxygen atoms in total. The Hall–Kier alpha value is -1.93. The highest BCUT2D eigenvalue weighted by atomic mass is 16.6. The third-order valence-corrected chi connectivity index (χ3v) is 10.4. The molecule has 0 spiro atoms. The maximum atomic E-state index is 12.7. The first kappa shape index (κ1) is 52.1. The number of allylic oxidation sites excluding steroid dienone is 2. The number of carbonyl (C=O) groups excluding carboxylic acids is 3. The number of nitrogens with zero attached hydrogens (tertiary/aromatic N) is 1. The zero-order valence-corrected chi connectivity index (χ0v) is 36.2. The number of quaternary nitrogens is 1. The normalized spacial score (nSPS) is 13.0. The van der Waals surface area contributed by atoms with Crippen LogP contribution in [0.5, 0.6) is 0 Å². The van der Waals surface area contributed by atoms with Crippen LogP contribution in [0.25, 0.3) is 0 Å². The van der Waals surface area contributed by atoms with Crippen molar-refractivity contribution in [3.05, 3.63) is 12.2 Å². The molecular formula is C46H87NO7. The number of ether oxygens (including phenoxy) is 3. The predicted octanol–water partition coefficient (Wildman–Crippen LogP) is 11.0. The molecule has 8 heteroatoms. The van der Waals surface area contributed by atoms with Crippen molar-refractivity contribution in [1.82, 2.24) is 0 Å². The Bertz CT molecular complexity index is 900. The largest absolute Gasteiger partial charge is 0.544 e. The standard InChI is InChI=1S/C46H87NO7/c1-6-8-10-12-14-16-18-20-21-22-23-24-25-27-28-30-32-34-36-44(48)53-41-42(40-52-39-38-43(46(50)51)47(3,4)5)54-45(49)37-35-33-31-29-26-19-17-15-13-11-9-7-2/h15,17,42-43H,6-14,16,18-41H2,1-5H3/b17-15+. The Morgan fingerprint density at radius 1 is 0.537 bits per heavy atom. The molecule has 0 aliphatic rings. The van der Waals surface area contributed by atoms with Gasteiger partial charge in [0, 0.05) is 19.3 Å². The molecule has 0 rings (SSSR count). The van der Waals surface area contributed by atoms with Crippen LogP contribution in [0.15, 0.2) is 12.2 Å². The molecule has 0 aromatic carbocycles. The summed E-state index contributed by atoms with van der Waals surface area (Å²) < 4.78 is 17.2. The Morgan fingerprint density at radius 2 is 0.926 bits per heavy atom. The SMILES string of the molecule is CCCCC/C=C/CCCCCCCC(=O)OC(COCCC(C(=O)[O-])[N+](C)(C)C)COC(=O)CCCCCCCCCCCCCCCCCCCC. The summed E-state index contributed by atoms with van der Waals surface area (Å²) in [6, 6.07) is -0.722. The highest BCUT2D eigenvalue weighted by molar-refractivity contribution is 5.70. The van der Waals surface area contributed by atoms with Crippen LogP contribution in [0, 0.1) is 0 Å². The van der Waals surface area contributed by atoms with Crippen LogP contribution in [-0.2, 0) is 28.6 Å². The van der Waals surface area contributed by atoms with Gasteiger partial charge >= 0.3 is 11.9 Å². The second-order valence-electron chi connectivity index (χ2n) is 16.6. The third kappa shape index (κ3) is 35.8. The van der Waals surface area contributed by atoms with Gasteiger partial charge in [-0.1, -0.05) is 167 Å². The maximum Gasteiger partial charge on any atom is 0.306 e. The monoisotopic (exact) mass is 766 g/mol. The van der Waals surface area contributed by atoms with Crippen molar-refractivity contribution in [3.8, 4) is 0 Å². The molecule has 54 heavy (non-hydrogen) atoms. The lowest BCUT2D eigenvalue weighted by atomic mass is 10.0. The van der Waals surface area contributed by atoms with E-state index >= 15 is 0 Å². The first-order valence-electron chi connectivity index (χ1n) is 22.7. The topological polar surface area (TPSA) is 102 Å². The summed E-state index contributed by atoms with van der Waals surface area (Å²) in [5, 5.41) is 11.6. The maximum absolute atomic E-state index is 12.7. The predicted molar refractivity (Wildman–Crippen MR) is 222 cm³/mol. The van der Waals surface area contributed by atoms with Gasteiger partial charge in [-0.3, -0.25) is 9.59 Å². The molecule has 0 aromatic rings. The Morgan fingerprint density at radius 3 is 1.37 bits per heavy atom. The van der Waals surface area contributed by atoms with Crippen molar-refractivity contribution < 1.29 is 38.2 Å². The van der Waals surface area contributed by atoms with Gasteiger partial charge in [-0.15, -0.1) is 0 Å². The van der Waals surface area contributed by atoms with Gasteiger partial charge in [-0.25, -0.2) is 0 Å². The molecule has 0 aromatic heterocycles. The molecule has 2 unspecified atom stereocenters. The molecule has 2 atom stereocenters. The van der Waals surface area contributed by atoms with Gasteiger partial charge in [0.05, 0.1) is 40.3 Å². The van der Waals surface area contributed by atoms with E-state index in [2.05, 4.69) is 26.0 Å². The van der Waals surface area contributed by atoms with Crippen molar-refractivity contribution in [2.75, 3.05) is 41.0 Å². The van der Waals surface area contributed by atoms with E-state index in [1.54, 1.807) is 21.1 Å². The fourth-order valence-electron chi connectivity index (χ4n) is 6.83. The lowest BCUT2D eigenvalue weighted by Crippen LogP contribution is -2.55. The Labute approximate surface area is 333 Å². The number of esters is 2. The summed E-state index contributed by atoms with van der Waals surface area (Å²) in [6.45, 7) is 4.65. The number of carboxylic acids is 1. The van der Waals surface area contributed by atoms with E-state index in [1.165, 1.54) is 128 Å². The van der Waals surface area contributed by atoms with Crippen LogP contribution in [0.4, 0.5) is 0 Å². The number of rotatable bonds is 41. The second kappa shape index (κ2) is 38.0. The number of aliphatic carboxylic acids is 1. The van der Waals surface area contributed by atoms with Crippen molar-refractivity contribution in [1.29, 1.82) is 0 Å². The fraction of sp³-hybridized carbons (Fsp3) is 0.891. The highest BCUT2D eigenvalue weighted by Gasteiger charge is 2.25. The van der Waals surface area contributed by atoms with E-state index in [1.807, 2.05) is 0 Å². The molecule has 0 amide bonds. The smallest absolute Gasteiger partial charge is 0.306 e. The first-order valence-corrected chi connectivity index (χ1v) is 22.7. The van der Waals surface area contributed by atoms with Crippen LogP contribution >= 0.6 is 0 Å². The van der Waals surface area contributed by atoms with Crippen LogP contribution in [0.2, 0.25) is 0 Å². The highest BCUT2D eigenvalue weighted by Crippen LogP contribution is 2.16. The number of likely N-dealkylation sites (N-methyl/N-ethyl adjacent to an activating group) is 1. The molecule has 0 radical (unpaired) electrons. The molecule has 0 bridgehead atoms. The van der Waals surface area contributed by atoms with Crippen LogP contribution < -0.4 is 5.11 Å². The average Bonchev–Trinajstić information content (AvgIpc) is 3.12. The minimum atomic E-state index is -1.12. The van der Waals surface area contributed by atoms with E-state index in [4.69, 9.17) is 14.2 Å². The number of unbranched alkanes of at least 4 members (excludes halogenated alkanes) is 25. The minimum Gasteiger partial charge on any atom is -0.544 e. The van der Waals surface area contributed by atoms with Gasteiger partial charge < -0.3 is 28.6 Å². The molecular weight excluding hydrogens is 679 g/mol. The van der Waals surface area contributed by atoms with Gasteiger partial charge in [0.1, 0.15) is 12.6 Å². The van der Waals surface area contributed by atoms with Crippen molar-refractivity contribution >= 4 is 17.9 Å². The number of hydrogen-bond donors (Lipinski definition) is 0. The van der Waals surface area contributed by atoms with Gasteiger partial charge in [-0.2, -0.15) is 0 Å². The summed E-state index contributed by atoms with van der Waals surface area (Å²) in [6.07, 6.45) is 39.5. The summed E-state index contributed by atoms with van der Waals surface area (Å²) >= 11 is 0. The van der Waals surface area contributed by atoms with E-state index in [-0.39, 0.29) is 42.7 Å². The van der Waals surface area contributed by atoms with Gasteiger partial charge in [0.15, 0.2) is 6.10 Å². The minimum absolute atomic E-state index is 0.0427. The molecule has 0 aliphatic heterocycles. The Balaban J connectivity index is 4.26. The third-order valence-electron chi connectivity index (χ3n) is 10.4. The van der Waals surface area contributed by atoms with Crippen molar-refractivity contribution in [2.24, 2.45) is 0 Å². The number of hydrogen-bond acceptors (Lipinski definition) is 7. The number of carbonyl (C=O) groups is 3. The molecule has 0 fully saturated rings. The molecule has 0 saturated carbocycles. The van der Waals surface area contributed by atoms with Gasteiger partial charge in [0.25, 0.3) is 0 Å². The lowest BCUT2D eigenvalue weighted by molar-refractivity contribution is -0.889. The van der Waals surface area contributed by atoms with E-state index < -0.39 is 18.1 Å². The zero-order valence-electron chi connectivity index (χ0n) is 36.2. The zero-order chi connectivity index (χ0) is 40.0. The molecule has 0 heterocycles. The summed E-state index contributed by atoms with van der Waals surface area (Å²) in [5.41, 5.74) is 0. The van der Waals surface area contributed by atoms with Crippen LogP contribution in [0.1, 0.15) is 213 Å². The van der Waals surface area contributed by atoms with Crippen molar-refractivity contribution in [2.45, 2.75) is 225 Å². The summed E-state index contributed by atoms with van der Waals surface area (Å²) in [5.74, 6) is -1.73. The fourth-order valence-corrected chi connectivity index (χ4v) is 6.83. The molecule has 318 valence electrons. The molecule has 0 aliphatic carbocycles. The van der Waals surface area contributed by atoms with E-state index in [0.29, 0.717) is 12.8 Å². The Kier molecular flexibility index (Phi) is 36.6. The second-order valence-corrected chi connectivity index (χ2v) is 16.6. The van der Waals surface area contributed by atoms with Crippen LogP contribution in [0.3, 0.4) is 0 Å². The van der Waals surface area contributed by atoms with Gasteiger partial charge in [-0.05, 0) is 38.5 Å². The van der Waals surface area contributed by atoms with Crippen molar-refractivity contribution in [3.63, 3.8) is 0 Å². The lowest BCUT2D eigenvalue weighted by Gasteiger charge is -2.34. The average molecular weight is 766 g/mol. The molecule has 0 N–H and O–H groups in total. The molecule has 0 saturated heterocycles. The quantitative estimate of drug-likeness (QED) is 0.0264. The van der Waals surface area contributed by atoms with E-state index in [0.717, 1.165) is 51.4 Å². The van der Waals surface area contributed by atoms with Gasteiger partial charge in [0.2, 0.25) is 0 Å². The van der Waals surface area contributed by atoms with Crippen LogP contribution in [-0.4, -0.2) is 75.5 Å². The number of carboxylic acid groups (broad SMARTS) is 1. The van der Waals surface area contributed by atoms with E-state index in [9.17, 15) is 19.5 Å². The first-order chi connectivity index (χ1) is 26.1.